The topological polar surface area (TPSA) is 26.3 Å². The van der Waals surface area contributed by atoms with Crippen LogP contribution in [0.5, 0.6) is 0 Å². The molecular formula is C11H12BrFO2. The Balaban J connectivity index is 2.83. The maximum absolute atomic E-state index is 13.2. The first-order valence-corrected chi connectivity index (χ1v) is 5.44. The fourth-order valence-electron chi connectivity index (χ4n) is 1.28. The number of benzene rings is 1. The molecule has 0 heterocycles. The van der Waals surface area contributed by atoms with Gasteiger partial charge in [-0.2, -0.15) is 0 Å². The van der Waals surface area contributed by atoms with Crippen molar-refractivity contribution in [2.45, 2.75) is 20.3 Å². The highest BCUT2D eigenvalue weighted by Crippen LogP contribution is 2.21. The molecule has 0 N–H and O–H groups in total. The van der Waals surface area contributed by atoms with E-state index in [9.17, 15) is 9.18 Å². The van der Waals surface area contributed by atoms with Gasteiger partial charge < -0.3 is 4.74 Å². The molecule has 0 saturated carbocycles. The number of carbonyl (C=O) groups is 1. The summed E-state index contributed by atoms with van der Waals surface area (Å²) in [6.45, 7) is 3.78. The monoisotopic (exact) mass is 274 g/mol. The summed E-state index contributed by atoms with van der Waals surface area (Å²) in [5.74, 6) is -0.585. The smallest absolute Gasteiger partial charge is 0.310 e. The standard InChI is InChI=1S/C11H12BrFO2/c1-3-15-10(14)6-8-4-7(2)11(13)9(12)5-8/h4-5H,3,6H2,1-2H3. The van der Waals surface area contributed by atoms with Gasteiger partial charge in [0.15, 0.2) is 0 Å². The maximum atomic E-state index is 13.2. The molecule has 15 heavy (non-hydrogen) atoms. The van der Waals surface area contributed by atoms with Crippen LogP contribution in [0.1, 0.15) is 18.1 Å². The van der Waals surface area contributed by atoms with E-state index in [4.69, 9.17) is 4.74 Å². The lowest BCUT2D eigenvalue weighted by Gasteiger charge is -2.05. The molecule has 0 fully saturated rings. The van der Waals surface area contributed by atoms with Crippen molar-refractivity contribution in [3.05, 3.63) is 33.5 Å². The first-order valence-electron chi connectivity index (χ1n) is 4.64. The summed E-state index contributed by atoms with van der Waals surface area (Å²) < 4.78 is 18.4. The number of rotatable bonds is 3. The molecule has 0 saturated heterocycles. The van der Waals surface area contributed by atoms with E-state index in [1.54, 1.807) is 26.0 Å². The summed E-state index contributed by atoms with van der Waals surface area (Å²) in [4.78, 5) is 11.2. The van der Waals surface area contributed by atoms with Gasteiger partial charge in [-0.05, 0) is 47.0 Å². The van der Waals surface area contributed by atoms with Crippen LogP contribution >= 0.6 is 15.9 Å². The summed E-state index contributed by atoms with van der Waals surface area (Å²) in [7, 11) is 0. The molecule has 0 aliphatic rings. The van der Waals surface area contributed by atoms with Crippen LogP contribution in [0, 0.1) is 12.7 Å². The summed E-state index contributed by atoms with van der Waals surface area (Å²) in [6.07, 6.45) is 0.174. The van der Waals surface area contributed by atoms with Gasteiger partial charge in [0.1, 0.15) is 5.82 Å². The first kappa shape index (κ1) is 12.2. The lowest BCUT2D eigenvalue weighted by molar-refractivity contribution is -0.142. The number of esters is 1. The molecule has 2 nitrogen and oxygen atoms in total. The summed E-state index contributed by atoms with van der Waals surface area (Å²) in [5, 5.41) is 0. The van der Waals surface area contributed by atoms with Crippen molar-refractivity contribution in [1.29, 1.82) is 0 Å². The molecule has 1 aromatic rings. The van der Waals surface area contributed by atoms with E-state index in [0.29, 0.717) is 16.6 Å². The van der Waals surface area contributed by atoms with Crippen LogP contribution in [0.4, 0.5) is 4.39 Å². The van der Waals surface area contributed by atoms with Crippen molar-refractivity contribution in [2.75, 3.05) is 6.61 Å². The van der Waals surface area contributed by atoms with E-state index in [-0.39, 0.29) is 18.2 Å². The van der Waals surface area contributed by atoms with Crippen LogP contribution in [0.25, 0.3) is 0 Å². The zero-order valence-corrected chi connectivity index (χ0v) is 10.2. The second-order valence-corrected chi connectivity index (χ2v) is 4.04. The number of aryl methyl sites for hydroxylation is 1. The van der Waals surface area contributed by atoms with Crippen LogP contribution in [0.3, 0.4) is 0 Å². The van der Waals surface area contributed by atoms with Gasteiger partial charge in [0, 0.05) is 0 Å². The zero-order chi connectivity index (χ0) is 11.4. The normalized spacial score (nSPS) is 10.1. The molecule has 1 aromatic carbocycles. The van der Waals surface area contributed by atoms with Crippen LogP contribution < -0.4 is 0 Å². The minimum Gasteiger partial charge on any atom is -0.466 e. The Morgan fingerprint density at radius 3 is 2.73 bits per heavy atom. The van der Waals surface area contributed by atoms with Crippen LogP contribution in [-0.4, -0.2) is 12.6 Å². The molecule has 0 aliphatic heterocycles. The van der Waals surface area contributed by atoms with E-state index in [1.807, 2.05) is 0 Å². The van der Waals surface area contributed by atoms with E-state index in [1.165, 1.54) is 0 Å². The molecular weight excluding hydrogens is 263 g/mol. The summed E-state index contributed by atoms with van der Waals surface area (Å²) in [6, 6.07) is 3.25. The Morgan fingerprint density at radius 2 is 2.20 bits per heavy atom. The predicted molar refractivity (Wildman–Crippen MR) is 59.2 cm³/mol. The number of halogens is 2. The van der Waals surface area contributed by atoms with Crippen LogP contribution in [0.15, 0.2) is 16.6 Å². The van der Waals surface area contributed by atoms with Gasteiger partial charge in [-0.25, -0.2) is 4.39 Å². The lowest BCUT2D eigenvalue weighted by atomic mass is 10.1. The fourth-order valence-corrected chi connectivity index (χ4v) is 1.89. The molecule has 0 bridgehead atoms. The van der Waals surface area contributed by atoms with Gasteiger partial charge in [-0.3, -0.25) is 4.79 Å². The van der Waals surface area contributed by atoms with Gasteiger partial charge in [0.25, 0.3) is 0 Å². The second kappa shape index (κ2) is 5.26. The van der Waals surface area contributed by atoms with Gasteiger partial charge in [-0.15, -0.1) is 0 Å². The third-order valence-electron chi connectivity index (χ3n) is 1.92. The minimum atomic E-state index is -0.296. The highest BCUT2D eigenvalue weighted by molar-refractivity contribution is 9.10. The molecule has 82 valence electrons. The quantitative estimate of drug-likeness (QED) is 0.793. The minimum absolute atomic E-state index is 0.174. The lowest BCUT2D eigenvalue weighted by Crippen LogP contribution is -2.07. The highest BCUT2D eigenvalue weighted by Gasteiger charge is 2.09. The van der Waals surface area contributed by atoms with Crippen molar-refractivity contribution in [3.63, 3.8) is 0 Å². The second-order valence-electron chi connectivity index (χ2n) is 3.19. The third kappa shape index (κ3) is 3.30. The van der Waals surface area contributed by atoms with Crippen molar-refractivity contribution in [3.8, 4) is 0 Å². The van der Waals surface area contributed by atoms with E-state index in [2.05, 4.69) is 15.9 Å². The molecule has 0 aliphatic carbocycles. The first-order chi connectivity index (χ1) is 7.04. The SMILES string of the molecule is CCOC(=O)Cc1cc(C)c(F)c(Br)c1. The number of hydrogen-bond acceptors (Lipinski definition) is 2. The molecule has 1 rings (SSSR count). The molecule has 0 amide bonds. The fraction of sp³-hybridized carbons (Fsp3) is 0.364. The largest absolute Gasteiger partial charge is 0.466 e. The Bertz CT molecular complexity index is 354. The van der Waals surface area contributed by atoms with Gasteiger partial charge in [0.2, 0.25) is 0 Å². The van der Waals surface area contributed by atoms with E-state index in [0.717, 1.165) is 5.56 Å². The Labute approximate surface area is 96.6 Å². The van der Waals surface area contributed by atoms with Crippen molar-refractivity contribution < 1.29 is 13.9 Å². The van der Waals surface area contributed by atoms with E-state index < -0.39 is 0 Å². The average molecular weight is 275 g/mol. The number of ether oxygens (including phenoxy) is 1. The Kier molecular flexibility index (Phi) is 4.27. The van der Waals surface area contributed by atoms with Crippen molar-refractivity contribution in [2.24, 2.45) is 0 Å². The Hall–Kier alpha value is -0.900. The Morgan fingerprint density at radius 1 is 1.53 bits per heavy atom. The third-order valence-corrected chi connectivity index (χ3v) is 2.50. The van der Waals surface area contributed by atoms with Crippen molar-refractivity contribution in [1.82, 2.24) is 0 Å². The predicted octanol–water partition coefficient (Wildman–Crippen LogP) is 3.00. The number of carbonyl (C=O) groups excluding carboxylic acids is 1. The van der Waals surface area contributed by atoms with E-state index >= 15 is 0 Å². The zero-order valence-electron chi connectivity index (χ0n) is 8.64. The molecule has 4 heteroatoms. The average Bonchev–Trinajstić information content (AvgIpc) is 2.14. The van der Waals surface area contributed by atoms with Gasteiger partial charge in [0.05, 0.1) is 17.5 Å². The molecule has 0 aromatic heterocycles. The molecule has 0 unspecified atom stereocenters. The van der Waals surface area contributed by atoms with Gasteiger partial charge >= 0.3 is 5.97 Å². The summed E-state index contributed by atoms with van der Waals surface area (Å²) in [5.41, 5.74) is 1.27. The highest BCUT2D eigenvalue weighted by atomic mass is 79.9. The van der Waals surface area contributed by atoms with Crippen LogP contribution in [0.2, 0.25) is 0 Å². The molecule has 0 atom stereocenters. The molecule has 0 radical (unpaired) electrons. The number of hydrogen-bond donors (Lipinski definition) is 0. The molecule has 0 spiro atoms. The van der Waals surface area contributed by atoms with Crippen molar-refractivity contribution >= 4 is 21.9 Å². The van der Waals surface area contributed by atoms with Gasteiger partial charge in [-0.1, -0.05) is 6.07 Å². The summed E-state index contributed by atoms with van der Waals surface area (Å²) >= 11 is 3.10. The van der Waals surface area contributed by atoms with Crippen LogP contribution in [-0.2, 0) is 16.0 Å². The maximum Gasteiger partial charge on any atom is 0.310 e.